The summed E-state index contributed by atoms with van der Waals surface area (Å²) in [5, 5.41) is 4.39. The predicted octanol–water partition coefficient (Wildman–Crippen LogP) is 4.20. The molecular formula is C13H19Cl2N3. The van der Waals surface area contributed by atoms with Gasteiger partial charge in [0.2, 0.25) is 0 Å². The largest absolute Gasteiger partial charge is 0.369 e. The molecule has 1 atom stereocenters. The average molecular weight is 288 g/mol. The molecule has 0 spiro atoms. The van der Waals surface area contributed by atoms with Crippen LogP contribution < -0.4 is 10.2 Å². The summed E-state index contributed by atoms with van der Waals surface area (Å²) in [5.41, 5.74) is 0. The number of rotatable bonds is 4. The first kappa shape index (κ1) is 13.8. The highest BCUT2D eigenvalue weighted by Crippen LogP contribution is 2.35. The molecule has 2 heterocycles. The minimum atomic E-state index is 0.547. The molecule has 2 rings (SSSR count). The lowest BCUT2D eigenvalue weighted by Gasteiger charge is -2.26. The Bertz CT molecular complexity index is 423. The summed E-state index contributed by atoms with van der Waals surface area (Å²) in [5.74, 6) is 1.58. The molecule has 0 aromatic carbocycles. The van der Waals surface area contributed by atoms with E-state index in [0.29, 0.717) is 16.1 Å². The third-order valence-electron chi connectivity index (χ3n) is 3.38. The van der Waals surface area contributed by atoms with Crippen LogP contribution in [-0.2, 0) is 0 Å². The molecule has 1 fully saturated rings. The average Bonchev–Trinajstić information content (AvgIpc) is 2.80. The molecule has 100 valence electrons. The Hall–Kier alpha value is -0.670. The third kappa shape index (κ3) is 2.67. The van der Waals surface area contributed by atoms with Crippen LogP contribution in [0, 0.1) is 0 Å². The standard InChI is InChI=1S/C13H19Cl2N3/c1-3-9-6-5-7-18(9)13-11(15)8-10(14)12(17-13)16-4-2/h8-9H,3-7H2,1-2H3,(H,16,17). The number of hydrogen-bond acceptors (Lipinski definition) is 3. The summed E-state index contributed by atoms with van der Waals surface area (Å²) in [7, 11) is 0. The lowest BCUT2D eigenvalue weighted by Crippen LogP contribution is -2.29. The van der Waals surface area contributed by atoms with Crippen LogP contribution in [-0.4, -0.2) is 24.1 Å². The maximum atomic E-state index is 6.29. The molecular weight excluding hydrogens is 269 g/mol. The molecule has 0 bridgehead atoms. The summed E-state index contributed by atoms with van der Waals surface area (Å²) in [6.45, 7) is 6.05. The normalized spacial score (nSPS) is 19.3. The van der Waals surface area contributed by atoms with Crippen LogP contribution in [0.25, 0.3) is 0 Å². The Labute approximate surface area is 118 Å². The van der Waals surface area contributed by atoms with Crippen molar-refractivity contribution in [1.82, 2.24) is 4.98 Å². The van der Waals surface area contributed by atoms with Crippen molar-refractivity contribution in [2.24, 2.45) is 0 Å². The van der Waals surface area contributed by atoms with Gasteiger partial charge in [-0.2, -0.15) is 0 Å². The number of nitrogens with zero attached hydrogens (tertiary/aromatic N) is 2. The molecule has 0 amide bonds. The van der Waals surface area contributed by atoms with Gasteiger partial charge in [0.25, 0.3) is 0 Å². The Morgan fingerprint density at radius 3 is 2.83 bits per heavy atom. The number of aromatic nitrogens is 1. The number of nitrogens with one attached hydrogen (secondary N) is 1. The first-order valence-electron chi connectivity index (χ1n) is 6.53. The van der Waals surface area contributed by atoms with Crippen LogP contribution in [0.5, 0.6) is 0 Å². The molecule has 1 aromatic heterocycles. The quantitative estimate of drug-likeness (QED) is 0.900. The van der Waals surface area contributed by atoms with Gasteiger partial charge >= 0.3 is 0 Å². The van der Waals surface area contributed by atoms with Crippen molar-refractivity contribution in [2.75, 3.05) is 23.3 Å². The molecule has 0 saturated carbocycles. The van der Waals surface area contributed by atoms with Gasteiger partial charge in [-0.25, -0.2) is 4.98 Å². The van der Waals surface area contributed by atoms with Crippen molar-refractivity contribution in [3.05, 3.63) is 16.1 Å². The zero-order valence-corrected chi connectivity index (χ0v) is 12.4. The van der Waals surface area contributed by atoms with Gasteiger partial charge in [-0.05, 0) is 32.3 Å². The van der Waals surface area contributed by atoms with E-state index in [0.717, 1.165) is 31.1 Å². The highest BCUT2D eigenvalue weighted by Gasteiger charge is 2.26. The molecule has 5 heteroatoms. The fourth-order valence-electron chi connectivity index (χ4n) is 2.49. The maximum absolute atomic E-state index is 6.29. The first-order valence-corrected chi connectivity index (χ1v) is 7.29. The molecule has 1 aliphatic rings. The molecule has 3 nitrogen and oxygen atoms in total. The Balaban J connectivity index is 2.34. The smallest absolute Gasteiger partial charge is 0.150 e. The summed E-state index contributed by atoms with van der Waals surface area (Å²) in [6.07, 6.45) is 3.54. The molecule has 1 aromatic rings. The van der Waals surface area contributed by atoms with Crippen LogP contribution >= 0.6 is 23.2 Å². The molecule has 1 saturated heterocycles. The SMILES string of the molecule is CCNc1nc(N2CCCC2CC)c(Cl)cc1Cl. The van der Waals surface area contributed by atoms with Gasteiger partial charge in [0.1, 0.15) is 11.6 Å². The highest BCUT2D eigenvalue weighted by molar-refractivity contribution is 6.37. The van der Waals surface area contributed by atoms with Crippen LogP contribution in [0.4, 0.5) is 11.6 Å². The second kappa shape index (κ2) is 5.98. The van der Waals surface area contributed by atoms with E-state index in [1.807, 2.05) is 6.92 Å². The van der Waals surface area contributed by atoms with E-state index in [1.54, 1.807) is 6.07 Å². The van der Waals surface area contributed by atoms with Crippen molar-refractivity contribution in [3.63, 3.8) is 0 Å². The summed E-state index contributed by atoms with van der Waals surface area (Å²) < 4.78 is 0. The molecule has 1 unspecified atom stereocenters. The fourth-order valence-corrected chi connectivity index (χ4v) is 3.02. The molecule has 0 radical (unpaired) electrons. The van der Waals surface area contributed by atoms with Gasteiger partial charge in [-0.3, -0.25) is 0 Å². The van der Waals surface area contributed by atoms with Gasteiger partial charge in [-0.1, -0.05) is 30.1 Å². The third-order valence-corrected chi connectivity index (χ3v) is 3.94. The van der Waals surface area contributed by atoms with E-state index in [1.165, 1.54) is 12.8 Å². The van der Waals surface area contributed by atoms with Gasteiger partial charge in [0.05, 0.1) is 10.0 Å². The number of anilines is 2. The number of halogens is 2. The topological polar surface area (TPSA) is 28.2 Å². The summed E-state index contributed by atoms with van der Waals surface area (Å²) >= 11 is 12.4. The Morgan fingerprint density at radius 2 is 2.17 bits per heavy atom. The minimum absolute atomic E-state index is 0.547. The second-order valence-corrected chi connectivity index (χ2v) is 5.37. The van der Waals surface area contributed by atoms with Gasteiger partial charge in [-0.15, -0.1) is 0 Å². The van der Waals surface area contributed by atoms with E-state index >= 15 is 0 Å². The predicted molar refractivity (Wildman–Crippen MR) is 79.1 cm³/mol. The monoisotopic (exact) mass is 287 g/mol. The van der Waals surface area contributed by atoms with Crippen molar-refractivity contribution in [1.29, 1.82) is 0 Å². The lowest BCUT2D eigenvalue weighted by molar-refractivity contribution is 0.641. The van der Waals surface area contributed by atoms with Gasteiger partial charge < -0.3 is 10.2 Å². The second-order valence-electron chi connectivity index (χ2n) is 4.55. The summed E-state index contributed by atoms with van der Waals surface area (Å²) in [4.78, 5) is 6.90. The number of pyridine rings is 1. The van der Waals surface area contributed by atoms with E-state index in [9.17, 15) is 0 Å². The van der Waals surface area contributed by atoms with Crippen molar-refractivity contribution in [3.8, 4) is 0 Å². The molecule has 18 heavy (non-hydrogen) atoms. The fraction of sp³-hybridized carbons (Fsp3) is 0.615. The van der Waals surface area contributed by atoms with Crippen LogP contribution in [0.3, 0.4) is 0 Å². The highest BCUT2D eigenvalue weighted by atomic mass is 35.5. The zero-order valence-electron chi connectivity index (χ0n) is 10.8. The van der Waals surface area contributed by atoms with Gasteiger partial charge in [0.15, 0.2) is 0 Å². The number of hydrogen-bond donors (Lipinski definition) is 1. The van der Waals surface area contributed by atoms with E-state index in [4.69, 9.17) is 23.2 Å². The van der Waals surface area contributed by atoms with Crippen LogP contribution in [0.1, 0.15) is 33.1 Å². The Kier molecular flexibility index (Phi) is 4.57. The van der Waals surface area contributed by atoms with Crippen LogP contribution in [0.15, 0.2) is 6.07 Å². The van der Waals surface area contributed by atoms with Crippen LogP contribution in [0.2, 0.25) is 10.0 Å². The van der Waals surface area contributed by atoms with Crippen molar-refractivity contribution >= 4 is 34.8 Å². The maximum Gasteiger partial charge on any atom is 0.150 e. The molecule has 1 aliphatic heterocycles. The van der Waals surface area contributed by atoms with E-state index in [-0.39, 0.29) is 0 Å². The molecule has 0 aliphatic carbocycles. The van der Waals surface area contributed by atoms with Crippen molar-refractivity contribution in [2.45, 2.75) is 39.2 Å². The van der Waals surface area contributed by atoms with E-state index in [2.05, 4.69) is 22.1 Å². The first-order chi connectivity index (χ1) is 8.67. The van der Waals surface area contributed by atoms with Gasteiger partial charge in [0, 0.05) is 19.1 Å². The lowest BCUT2D eigenvalue weighted by atomic mass is 10.2. The van der Waals surface area contributed by atoms with Crippen molar-refractivity contribution < 1.29 is 0 Å². The molecule has 1 N–H and O–H groups in total. The zero-order chi connectivity index (χ0) is 13.1. The minimum Gasteiger partial charge on any atom is -0.369 e. The van der Waals surface area contributed by atoms with E-state index < -0.39 is 0 Å². The Morgan fingerprint density at radius 1 is 1.39 bits per heavy atom. The summed E-state index contributed by atoms with van der Waals surface area (Å²) in [6, 6.07) is 2.33.